The van der Waals surface area contributed by atoms with Gasteiger partial charge in [0, 0.05) is 30.0 Å². The van der Waals surface area contributed by atoms with Crippen molar-refractivity contribution in [2.75, 3.05) is 13.1 Å². The van der Waals surface area contributed by atoms with E-state index < -0.39 is 0 Å². The zero-order valence-corrected chi connectivity index (χ0v) is 18.4. The van der Waals surface area contributed by atoms with Gasteiger partial charge in [0.1, 0.15) is 0 Å². The molecule has 0 radical (unpaired) electrons. The van der Waals surface area contributed by atoms with Crippen molar-refractivity contribution in [2.45, 2.75) is 69.4 Å². The summed E-state index contributed by atoms with van der Waals surface area (Å²) < 4.78 is 0. The van der Waals surface area contributed by atoms with E-state index in [-0.39, 0.29) is 36.1 Å². The van der Waals surface area contributed by atoms with Crippen molar-refractivity contribution >= 4 is 11.7 Å². The number of ketones is 1. The summed E-state index contributed by atoms with van der Waals surface area (Å²) in [7, 11) is 0. The molecule has 1 aliphatic carbocycles. The van der Waals surface area contributed by atoms with E-state index in [0.29, 0.717) is 5.56 Å². The van der Waals surface area contributed by atoms with Gasteiger partial charge >= 0.3 is 0 Å². The summed E-state index contributed by atoms with van der Waals surface area (Å²) in [5.74, 6) is 0.0343. The first kappa shape index (κ1) is 21.8. The maximum Gasteiger partial charge on any atom is 0.220 e. The molecule has 0 spiro atoms. The largest absolute Gasteiger partial charge is 0.353 e. The van der Waals surface area contributed by atoms with Crippen molar-refractivity contribution < 1.29 is 9.59 Å². The fraction of sp³-hybridized carbons (Fsp3) is 0.481. The van der Waals surface area contributed by atoms with Crippen LogP contribution in [0, 0.1) is 0 Å². The van der Waals surface area contributed by atoms with Gasteiger partial charge < -0.3 is 5.32 Å². The van der Waals surface area contributed by atoms with E-state index in [2.05, 4.69) is 40.5 Å². The molecule has 31 heavy (non-hydrogen) atoms. The first-order valence-electron chi connectivity index (χ1n) is 11.9. The molecule has 1 heterocycles. The van der Waals surface area contributed by atoms with Crippen molar-refractivity contribution in [1.29, 1.82) is 0 Å². The monoisotopic (exact) mass is 418 g/mol. The Morgan fingerprint density at radius 1 is 0.839 bits per heavy atom. The lowest BCUT2D eigenvalue weighted by molar-refractivity contribution is -0.122. The average molecular weight is 419 g/mol. The van der Waals surface area contributed by atoms with Crippen LogP contribution in [0.25, 0.3) is 0 Å². The summed E-state index contributed by atoms with van der Waals surface area (Å²) in [6, 6.07) is 20.4. The minimum atomic E-state index is -0.000496. The fourth-order valence-corrected chi connectivity index (χ4v) is 5.39. The smallest absolute Gasteiger partial charge is 0.220 e. The van der Waals surface area contributed by atoms with Crippen molar-refractivity contribution in [3.63, 3.8) is 0 Å². The number of nitrogens with zero attached hydrogens (tertiary/aromatic N) is 1. The fourth-order valence-electron chi connectivity index (χ4n) is 5.39. The molecule has 1 N–H and O–H groups in total. The van der Waals surface area contributed by atoms with Crippen LogP contribution in [0.5, 0.6) is 0 Å². The third-order valence-electron chi connectivity index (χ3n) is 7.13. The minimum absolute atomic E-state index is 0.000496. The third kappa shape index (κ3) is 5.24. The quantitative estimate of drug-likeness (QED) is 0.637. The Morgan fingerprint density at radius 3 is 2.10 bits per heavy atom. The van der Waals surface area contributed by atoms with Crippen molar-refractivity contribution in [3.05, 3.63) is 71.8 Å². The van der Waals surface area contributed by atoms with Gasteiger partial charge in [-0.05, 0) is 57.2 Å². The molecule has 4 heteroatoms. The lowest BCUT2D eigenvalue weighted by atomic mass is 9.73. The summed E-state index contributed by atoms with van der Waals surface area (Å²) in [6.45, 7) is 2.35. The Kier molecular flexibility index (Phi) is 7.18. The number of likely N-dealkylation sites (tertiary alicyclic amines) is 1. The molecular weight excluding hydrogens is 384 g/mol. The number of carbonyl (C=O) groups excluding carboxylic acids is 2. The molecule has 2 fully saturated rings. The molecular formula is C27H34N2O2. The second-order valence-electron chi connectivity index (χ2n) is 9.08. The lowest BCUT2D eigenvalue weighted by Crippen LogP contribution is -2.53. The molecule has 0 unspecified atom stereocenters. The third-order valence-corrected chi connectivity index (χ3v) is 7.13. The zero-order chi connectivity index (χ0) is 21.5. The van der Waals surface area contributed by atoms with Crippen LogP contribution in [0.1, 0.15) is 73.7 Å². The summed E-state index contributed by atoms with van der Waals surface area (Å²) >= 11 is 0. The Bertz CT molecular complexity index is 851. The van der Waals surface area contributed by atoms with E-state index in [1.807, 2.05) is 30.3 Å². The molecule has 4 rings (SSSR count). The van der Waals surface area contributed by atoms with Crippen LogP contribution < -0.4 is 5.32 Å². The Balaban J connectivity index is 1.33. The molecule has 164 valence electrons. The maximum atomic E-state index is 12.5. The van der Waals surface area contributed by atoms with Gasteiger partial charge in [-0.25, -0.2) is 0 Å². The molecule has 0 atom stereocenters. The summed E-state index contributed by atoms with van der Waals surface area (Å²) in [5.41, 5.74) is 2.21. The molecule has 2 aliphatic rings. The lowest BCUT2D eigenvalue weighted by Gasteiger charge is -2.50. The van der Waals surface area contributed by atoms with Gasteiger partial charge in [-0.3, -0.25) is 14.5 Å². The highest BCUT2D eigenvalue weighted by atomic mass is 16.2. The van der Waals surface area contributed by atoms with E-state index in [1.54, 1.807) is 0 Å². The molecule has 1 amide bonds. The van der Waals surface area contributed by atoms with Gasteiger partial charge in [0.25, 0.3) is 0 Å². The highest BCUT2D eigenvalue weighted by Crippen LogP contribution is 2.43. The highest BCUT2D eigenvalue weighted by molar-refractivity contribution is 5.97. The van der Waals surface area contributed by atoms with Crippen LogP contribution in [-0.2, 0) is 10.3 Å². The van der Waals surface area contributed by atoms with E-state index >= 15 is 0 Å². The first-order valence-corrected chi connectivity index (χ1v) is 11.9. The molecule has 2 aromatic rings. The van der Waals surface area contributed by atoms with Crippen molar-refractivity contribution in [2.24, 2.45) is 0 Å². The number of carbonyl (C=O) groups is 2. The highest BCUT2D eigenvalue weighted by Gasteiger charge is 2.42. The van der Waals surface area contributed by atoms with Gasteiger partial charge in [-0.15, -0.1) is 0 Å². The normalized spacial score (nSPS) is 24.5. The first-order chi connectivity index (χ1) is 15.2. The van der Waals surface area contributed by atoms with Crippen LogP contribution in [0.2, 0.25) is 0 Å². The summed E-state index contributed by atoms with van der Waals surface area (Å²) in [4.78, 5) is 27.5. The van der Waals surface area contributed by atoms with Gasteiger partial charge in [0.15, 0.2) is 5.78 Å². The maximum absolute atomic E-state index is 12.5. The molecule has 4 nitrogen and oxygen atoms in total. The van der Waals surface area contributed by atoms with E-state index in [9.17, 15) is 9.59 Å². The van der Waals surface area contributed by atoms with Crippen LogP contribution >= 0.6 is 0 Å². The van der Waals surface area contributed by atoms with Crippen molar-refractivity contribution in [3.8, 4) is 0 Å². The molecule has 1 aliphatic heterocycles. The topological polar surface area (TPSA) is 49.4 Å². The standard InChI is InChI=1S/C27H34N2O2/c30-25(22-10-4-1-5-11-22)14-15-26(31)28-24-16-18-27(19-17-24,23-12-6-2-7-13-23)29-20-8-3-9-21-29/h1-2,4-7,10-13,24H,3,8-9,14-21H2,(H,28,31). The van der Waals surface area contributed by atoms with Crippen LogP contribution in [-0.4, -0.2) is 35.7 Å². The van der Waals surface area contributed by atoms with Crippen LogP contribution in [0.3, 0.4) is 0 Å². The second kappa shape index (κ2) is 10.2. The SMILES string of the molecule is O=C(CCC(=O)c1ccccc1)NC1CCC(c2ccccc2)(N2CCCCC2)CC1. The number of hydrogen-bond donors (Lipinski definition) is 1. The van der Waals surface area contributed by atoms with Crippen LogP contribution in [0.15, 0.2) is 60.7 Å². The number of hydrogen-bond acceptors (Lipinski definition) is 3. The number of rotatable bonds is 7. The summed E-state index contributed by atoms with van der Waals surface area (Å²) in [5, 5.41) is 3.21. The summed E-state index contributed by atoms with van der Waals surface area (Å²) in [6.07, 6.45) is 8.56. The minimum Gasteiger partial charge on any atom is -0.353 e. The van der Waals surface area contributed by atoms with Gasteiger partial charge in [0.2, 0.25) is 5.91 Å². The second-order valence-corrected chi connectivity index (χ2v) is 9.08. The molecule has 1 saturated carbocycles. The van der Waals surface area contributed by atoms with Gasteiger partial charge in [-0.1, -0.05) is 67.1 Å². The zero-order valence-electron chi connectivity index (χ0n) is 18.4. The number of benzene rings is 2. The predicted octanol–water partition coefficient (Wildman–Crippen LogP) is 5.09. The Morgan fingerprint density at radius 2 is 1.45 bits per heavy atom. The van der Waals surface area contributed by atoms with E-state index in [1.165, 1.54) is 37.9 Å². The molecule has 0 bridgehead atoms. The van der Waals surface area contributed by atoms with Crippen LogP contribution in [0.4, 0.5) is 0 Å². The molecule has 1 saturated heterocycles. The number of nitrogens with one attached hydrogen (secondary N) is 1. The van der Waals surface area contributed by atoms with E-state index in [4.69, 9.17) is 0 Å². The average Bonchev–Trinajstić information content (AvgIpc) is 2.85. The number of Topliss-reactive ketones (excluding diaryl/α,β-unsaturated/α-hetero) is 1. The van der Waals surface area contributed by atoms with Gasteiger partial charge in [-0.2, -0.15) is 0 Å². The van der Waals surface area contributed by atoms with Gasteiger partial charge in [0.05, 0.1) is 0 Å². The van der Waals surface area contributed by atoms with Crippen molar-refractivity contribution in [1.82, 2.24) is 10.2 Å². The molecule has 2 aromatic carbocycles. The molecule has 0 aromatic heterocycles. The number of amides is 1. The Hall–Kier alpha value is -2.46. The van der Waals surface area contributed by atoms with E-state index in [0.717, 1.165) is 25.7 Å². The Labute approximate surface area is 186 Å². The predicted molar refractivity (Wildman–Crippen MR) is 124 cm³/mol. The number of piperidine rings is 1.